The molecule has 2 rings (SSSR count). The third-order valence-electron chi connectivity index (χ3n) is 3.87. The minimum absolute atomic E-state index is 0.0743. The molecule has 114 valence electrons. The standard InChI is InChI=1S/C16H21NO3S/c1-3-12(2)16(11-18)17-21(19,20)15-9-8-13-6-4-5-7-14(13)10-15/h4-10,12,16-18H,3,11H2,1-2H3/t12-,16?/m0/s1. The molecular weight excluding hydrogens is 286 g/mol. The highest BCUT2D eigenvalue weighted by atomic mass is 32.2. The van der Waals surface area contributed by atoms with Crippen LogP contribution in [0.5, 0.6) is 0 Å². The minimum atomic E-state index is -3.63. The number of aliphatic hydroxyl groups is 1. The van der Waals surface area contributed by atoms with Crippen molar-refractivity contribution in [2.75, 3.05) is 6.61 Å². The smallest absolute Gasteiger partial charge is 0.240 e. The van der Waals surface area contributed by atoms with Crippen molar-refractivity contribution >= 4 is 20.8 Å². The number of benzene rings is 2. The van der Waals surface area contributed by atoms with Crippen molar-refractivity contribution in [3.05, 3.63) is 42.5 Å². The van der Waals surface area contributed by atoms with Crippen LogP contribution in [0.15, 0.2) is 47.4 Å². The molecule has 0 radical (unpaired) electrons. The molecule has 0 aliphatic heterocycles. The van der Waals surface area contributed by atoms with Crippen LogP contribution < -0.4 is 4.72 Å². The van der Waals surface area contributed by atoms with Crippen molar-refractivity contribution in [1.29, 1.82) is 0 Å². The summed E-state index contributed by atoms with van der Waals surface area (Å²) in [4.78, 5) is 0.225. The SMILES string of the molecule is CC[C@H](C)C(CO)NS(=O)(=O)c1ccc2ccccc2c1. The molecule has 5 heteroatoms. The van der Waals surface area contributed by atoms with Gasteiger partial charge in [0.1, 0.15) is 0 Å². The largest absolute Gasteiger partial charge is 0.395 e. The molecule has 0 fully saturated rings. The summed E-state index contributed by atoms with van der Waals surface area (Å²) in [5.41, 5.74) is 0. The van der Waals surface area contributed by atoms with Gasteiger partial charge in [0.05, 0.1) is 11.5 Å². The van der Waals surface area contributed by atoms with Gasteiger partial charge in [-0.15, -0.1) is 0 Å². The molecule has 0 heterocycles. The quantitative estimate of drug-likeness (QED) is 0.862. The van der Waals surface area contributed by atoms with Crippen molar-refractivity contribution < 1.29 is 13.5 Å². The van der Waals surface area contributed by atoms with E-state index in [1.54, 1.807) is 18.2 Å². The van der Waals surface area contributed by atoms with E-state index in [4.69, 9.17) is 0 Å². The highest BCUT2D eigenvalue weighted by Crippen LogP contribution is 2.20. The molecule has 0 amide bonds. The molecule has 0 saturated carbocycles. The molecule has 2 aromatic carbocycles. The van der Waals surface area contributed by atoms with E-state index >= 15 is 0 Å². The van der Waals surface area contributed by atoms with Gasteiger partial charge in [-0.25, -0.2) is 13.1 Å². The molecule has 0 bridgehead atoms. The van der Waals surface area contributed by atoms with Gasteiger partial charge in [-0.2, -0.15) is 0 Å². The first-order chi connectivity index (χ1) is 9.97. The lowest BCUT2D eigenvalue weighted by atomic mass is 10.0. The monoisotopic (exact) mass is 307 g/mol. The number of sulfonamides is 1. The molecule has 2 N–H and O–H groups in total. The normalized spacial score (nSPS) is 15.0. The zero-order valence-corrected chi connectivity index (χ0v) is 13.1. The number of rotatable bonds is 6. The summed E-state index contributed by atoms with van der Waals surface area (Å²) in [6.45, 7) is 3.68. The van der Waals surface area contributed by atoms with E-state index in [1.807, 2.05) is 38.1 Å². The van der Waals surface area contributed by atoms with Crippen LogP contribution in [0.3, 0.4) is 0 Å². The van der Waals surface area contributed by atoms with E-state index in [0.717, 1.165) is 17.2 Å². The Morgan fingerprint density at radius 1 is 1.14 bits per heavy atom. The Kier molecular flexibility index (Phi) is 4.98. The first kappa shape index (κ1) is 15.9. The van der Waals surface area contributed by atoms with E-state index in [0.29, 0.717) is 0 Å². The summed E-state index contributed by atoms with van der Waals surface area (Å²) in [7, 11) is -3.63. The van der Waals surface area contributed by atoms with Crippen LogP contribution in [0.2, 0.25) is 0 Å². The van der Waals surface area contributed by atoms with Gasteiger partial charge in [-0.3, -0.25) is 0 Å². The number of aliphatic hydroxyl groups excluding tert-OH is 1. The maximum Gasteiger partial charge on any atom is 0.240 e. The minimum Gasteiger partial charge on any atom is -0.395 e. The average Bonchev–Trinajstić information content (AvgIpc) is 2.51. The van der Waals surface area contributed by atoms with Crippen LogP contribution in [0.25, 0.3) is 10.8 Å². The highest BCUT2D eigenvalue weighted by Gasteiger charge is 2.23. The van der Waals surface area contributed by atoms with Crippen LogP contribution in [-0.2, 0) is 10.0 Å². The van der Waals surface area contributed by atoms with Gasteiger partial charge in [0.2, 0.25) is 10.0 Å². The van der Waals surface area contributed by atoms with Crippen LogP contribution >= 0.6 is 0 Å². The summed E-state index contributed by atoms with van der Waals surface area (Å²) < 4.78 is 27.5. The second-order valence-corrected chi connectivity index (χ2v) is 7.02. The number of fused-ring (bicyclic) bond motifs is 1. The maximum atomic E-state index is 12.4. The molecule has 0 saturated heterocycles. The Labute approximate surface area is 125 Å². The third kappa shape index (κ3) is 3.61. The van der Waals surface area contributed by atoms with E-state index in [-0.39, 0.29) is 17.4 Å². The molecule has 2 atom stereocenters. The molecule has 0 aromatic heterocycles. The second-order valence-electron chi connectivity index (χ2n) is 5.30. The molecule has 1 unspecified atom stereocenters. The first-order valence-electron chi connectivity index (χ1n) is 7.10. The van der Waals surface area contributed by atoms with Gasteiger partial charge in [-0.1, -0.05) is 50.6 Å². The van der Waals surface area contributed by atoms with E-state index < -0.39 is 16.1 Å². The van der Waals surface area contributed by atoms with Gasteiger partial charge >= 0.3 is 0 Å². The maximum absolute atomic E-state index is 12.4. The Morgan fingerprint density at radius 3 is 2.43 bits per heavy atom. The van der Waals surface area contributed by atoms with Gasteiger partial charge < -0.3 is 5.11 Å². The summed E-state index contributed by atoms with van der Waals surface area (Å²) in [5.74, 6) is 0.0743. The fourth-order valence-corrected chi connectivity index (χ4v) is 3.59. The predicted molar refractivity (Wildman–Crippen MR) is 84.6 cm³/mol. The van der Waals surface area contributed by atoms with E-state index in [1.165, 1.54) is 0 Å². The van der Waals surface area contributed by atoms with Crippen molar-refractivity contribution in [3.8, 4) is 0 Å². The van der Waals surface area contributed by atoms with Crippen LogP contribution in [0.1, 0.15) is 20.3 Å². The third-order valence-corrected chi connectivity index (χ3v) is 5.35. The molecule has 4 nitrogen and oxygen atoms in total. The molecule has 2 aromatic rings. The van der Waals surface area contributed by atoms with E-state index in [9.17, 15) is 13.5 Å². The topological polar surface area (TPSA) is 66.4 Å². The zero-order chi connectivity index (χ0) is 15.5. The molecule has 0 spiro atoms. The Bertz CT molecular complexity index is 712. The van der Waals surface area contributed by atoms with Gasteiger partial charge in [0.15, 0.2) is 0 Å². The van der Waals surface area contributed by atoms with Crippen molar-refractivity contribution in [2.45, 2.75) is 31.2 Å². The molecular formula is C16H21NO3S. The average molecular weight is 307 g/mol. The van der Waals surface area contributed by atoms with Crippen LogP contribution in [0.4, 0.5) is 0 Å². The van der Waals surface area contributed by atoms with Gasteiger partial charge in [0.25, 0.3) is 0 Å². The molecule has 21 heavy (non-hydrogen) atoms. The van der Waals surface area contributed by atoms with Crippen molar-refractivity contribution in [3.63, 3.8) is 0 Å². The number of hydrogen-bond acceptors (Lipinski definition) is 3. The predicted octanol–water partition coefficient (Wildman–Crippen LogP) is 2.53. The van der Waals surface area contributed by atoms with Crippen molar-refractivity contribution in [1.82, 2.24) is 4.72 Å². The lowest BCUT2D eigenvalue weighted by Crippen LogP contribution is -2.41. The molecule has 0 aliphatic carbocycles. The Morgan fingerprint density at radius 2 is 1.81 bits per heavy atom. The molecule has 0 aliphatic rings. The van der Waals surface area contributed by atoms with Crippen LogP contribution in [0, 0.1) is 5.92 Å². The Hall–Kier alpha value is -1.43. The lowest BCUT2D eigenvalue weighted by Gasteiger charge is -2.22. The highest BCUT2D eigenvalue weighted by molar-refractivity contribution is 7.89. The number of nitrogens with one attached hydrogen (secondary N) is 1. The van der Waals surface area contributed by atoms with Crippen molar-refractivity contribution in [2.24, 2.45) is 5.92 Å². The fourth-order valence-electron chi connectivity index (χ4n) is 2.22. The lowest BCUT2D eigenvalue weighted by molar-refractivity contribution is 0.219. The fraction of sp³-hybridized carbons (Fsp3) is 0.375. The van der Waals surface area contributed by atoms with Gasteiger partial charge in [0, 0.05) is 6.04 Å². The summed E-state index contributed by atoms with van der Waals surface area (Å²) in [6, 6.07) is 12.2. The van der Waals surface area contributed by atoms with Crippen LogP contribution in [-0.4, -0.2) is 26.2 Å². The first-order valence-corrected chi connectivity index (χ1v) is 8.58. The number of hydrogen-bond donors (Lipinski definition) is 2. The Balaban J connectivity index is 2.32. The summed E-state index contributed by atoms with van der Waals surface area (Å²) in [6.07, 6.45) is 0.797. The summed E-state index contributed by atoms with van der Waals surface area (Å²) >= 11 is 0. The van der Waals surface area contributed by atoms with Gasteiger partial charge in [-0.05, 0) is 28.8 Å². The zero-order valence-electron chi connectivity index (χ0n) is 12.3. The second kappa shape index (κ2) is 6.56. The summed E-state index contributed by atoms with van der Waals surface area (Å²) in [5, 5.41) is 11.3. The van der Waals surface area contributed by atoms with E-state index in [2.05, 4.69) is 4.72 Å².